The molecule has 0 aliphatic rings. The minimum absolute atomic E-state index is 0.340. The maximum atomic E-state index is 9.81. The van der Waals surface area contributed by atoms with Gasteiger partial charge in [-0.3, -0.25) is 4.84 Å². The lowest BCUT2D eigenvalue weighted by atomic mass is 10.1. The molecule has 1 unspecified atom stereocenters. The van der Waals surface area contributed by atoms with Crippen molar-refractivity contribution < 1.29 is 15.0 Å². The summed E-state index contributed by atoms with van der Waals surface area (Å²) in [6, 6.07) is 0. The van der Waals surface area contributed by atoms with Crippen LogP contribution in [0.15, 0.2) is 0 Å². The van der Waals surface area contributed by atoms with Crippen molar-refractivity contribution in [1.29, 1.82) is 0 Å². The maximum absolute atomic E-state index is 9.81. The van der Waals surface area contributed by atoms with Gasteiger partial charge >= 0.3 is 0 Å². The number of hydrogen-bond acceptors (Lipinski definition) is 4. The summed E-state index contributed by atoms with van der Waals surface area (Å²) >= 11 is 0. The standard InChI is InChI=1S/C9H19NO4/c1-2-3-4-5-6-7-8-9(11)14-10(12)13/h9,11H,2-8H2,1H3. The van der Waals surface area contributed by atoms with Crippen LogP contribution in [-0.4, -0.2) is 16.5 Å². The van der Waals surface area contributed by atoms with Crippen LogP contribution in [0.4, 0.5) is 0 Å². The molecule has 5 nitrogen and oxygen atoms in total. The van der Waals surface area contributed by atoms with E-state index in [0.717, 1.165) is 19.3 Å². The minimum Gasteiger partial charge on any atom is -0.368 e. The van der Waals surface area contributed by atoms with Crippen molar-refractivity contribution in [1.82, 2.24) is 0 Å². The first-order valence-electron chi connectivity index (χ1n) is 5.16. The van der Waals surface area contributed by atoms with Crippen LogP contribution in [0.1, 0.15) is 51.9 Å². The lowest BCUT2D eigenvalue weighted by Gasteiger charge is -2.07. The fourth-order valence-corrected chi connectivity index (χ4v) is 1.25. The first-order chi connectivity index (χ1) is 6.66. The van der Waals surface area contributed by atoms with Gasteiger partial charge in [0.15, 0.2) is 0 Å². The van der Waals surface area contributed by atoms with Crippen molar-refractivity contribution in [2.24, 2.45) is 0 Å². The van der Waals surface area contributed by atoms with Crippen molar-refractivity contribution in [3.05, 3.63) is 10.1 Å². The Morgan fingerprint density at radius 1 is 1.29 bits per heavy atom. The van der Waals surface area contributed by atoms with E-state index >= 15 is 0 Å². The van der Waals surface area contributed by atoms with Gasteiger partial charge in [-0.05, 0) is 12.8 Å². The van der Waals surface area contributed by atoms with E-state index in [4.69, 9.17) is 5.11 Å². The average Bonchev–Trinajstić information content (AvgIpc) is 2.10. The van der Waals surface area contributed by atoms with E-state index in [1.807, 2.05) is 0 Å². The Morgan fingerprint density at radius 3 is 2.43 bits per heavy atom. The van der Waals surface area contributed by atoms with Gasteiger partial charge < -0.3 is 5.11 Å². The largest absolute Gasteiger partial charge is 0.368 e. The van der Waals surface area contributed by atoms with Gasteiger partial charge in [0.25, 0.3) is 5.09 Å². The van der Waals surface area contributed by atoms with Crippen LogP contribution in [0.3, 0.4) is 0 Å². The van der Waals surface area contributed by atoms with Crippen molar-refractivity contribution in [3.8, 4) is 0 Å². The smallest absolute Gasteiger partial charge is 0.297 e. The summed E-state index contributed by atoms with van der Waals surface area (Å²) in [6.07, 6.45) is 5.61. The lowest BCUT2D eigenvalue weighted by Crippen LogP contribution is -2.15. The van der Waals surface area contributed by atoms with Crippen LogP contribution in [0.2, 0.25) is 0 Å². The lowest BCUT2D eigenvalue weighted by molar-refractivity contribution is -0.780. The highest BCUT2D eigenvalue weighted by atomic mass is 17.0. The molecule has 0 aromatic heterocycles. The van der Waals surface area contributed by atoms with Crippen LogP contribution in [0.5, 0.6) is 0 Å². The molecule has 0 bridgehead atoms. The van der Waals surface area contributed by atoms with E-state index in [0.29, 0.717) is 6.42 Å². The molecule has 0 spiro atoms. The quantitative estimate of drug-likeness (QED) is 0.271. The third-order valence-electron chi connectivity index (χ3n) is 2.01. The van der Waals surface area contributed by atoms with Gasteiger partial charge in [0, 0.05) is 0 Å². The minimum atomic E-state index is -1.25. The highest BCUT2D eigenvalue weighted by Gasteiger charge is 2.07. The van der Waals surface area contributed by atoms with E-state index in [2.05, 4.69) is 11.8 Å². The number of unbranched alkanes of at least 4 members (excludes halogenated alkanes) is 5. The molecule has 0 saturated carbocycles. The molecule has 5 heteroatoms. The number of aliphatic hydroxyl groups excluding tert-OH is 1. The Labute approximate surface area is 84.2 Å². The Kier molecular flexibility index (Phi) is 8.22. The maximum Gasteiger partial charge on any atom is 0.297 e. The first kappa shape index (κ1) is 13.2. The normalized spacial score (nSPS) is 12.4. The van der Waals surface area contributed by atoms with Crippen molar-refractivity contribution in [2.45, 2.75) is 58.2 Å². The second-order valence-electron chi connectivity index (χ2n) is 3.34. The van der Waals surface area contributed by atoms with Crippen molar-refractivity contribution >= 4 is 0 Å². The molecule has 0 aliphatic heterocycles. The molecule has 0 saturated heterocycles. The molecule has 0 aromatic rings. The molecule has 0 aliphatic carbocycles. The monoisotopic (exact) mass is 205 g/mol. The van der Waals surface area contributed by atoms with E-state index < -0.39 is 11.4 Å². The van der Waals surface area contributed by atoms with Gasteiger partial charge in [0.1, 0.15) is 0 Å². The van der Waals surface area contributed by atoms with Gasteiger partial charge in [-0.2, -0.15) is 0 Å². The Morgan fingerprint density at radius 2 is 1.86 bits per heavy atom. The summed E-state index contributed by atoms with van der Waals surface area (Å²) in [4.78, 5) is 13.8. The molecule has 0 aromatic carbocycles. The molecular weight excluding hydrogens is 186 g/mol. The molecule has 14 heavy (non-hydrogen) atoms. The summed E-state index contributed by atoms with van der Waals surface area (Å²) in [5.41, 5.74) is 0. The zero-order valence-electron chi connectivity index (χ0n) is 8.65. The molecule has 0 rings (SSSR count). The second-order valence-corrected chi connectivity index (χ2v) is 3.34. The molecule has 1 N–H and O–H groups in total. The van der Waals surface area contributed by atoms with E-state index in [-0.39, 0.29) is 0 Å². The molecule has 0 heterocycles. The van der Waals surface area contributed by atoms with E-state index in [9.17, 15) is 10.1 Å². The molecular formula is C9H19NO4. The predicted octanol–water partition coefficient (Wildman–Crippen LogP) is 2.26. The molecule has 0 radical (unpaired) electrons. The Balaban J connectivity index is 3.14. The van der Waals surface area contributed by atoms with Crippen molar-refractivity contribution in [3.63, 3.8) is 0 Å². The molecule has 1 atom stereocenters. The molecule has 0 amide bonds. The SMILES string of the molecule is CCCCCCCCC(O)O[N+](=O)[O-]. The third kappa shape index (κ3) is 9.25. The van der Waals surface area contributed by atoms with Crippen LogP contribution >= 0.6 is 0 Å². The summed E-state index contributed by atoms with van der Waals surface area (Å²) in [5.74, 6) is 0. The predicted molar refractivity (Wildman–Crippen MR) is 52.1 cm³/mol. The highest BCUT2D eigenvalue weighted by Crippen LogP contribution is 2.08. The summed E-state index contributed by atoms with van der Waals surface area (Å²) < 4.78 is 0. The number of rotatable bonds is 9. The number of nitrogens with zero attached hydrogens (tertiary/aromatic N) is 1. The number of hydrogen-bond donors (Lipinski definition) is 1. The first-order valence-corrected chi connectivity index (χ1v) is 5.16. The van der Waals surface area contributed by atoms with Crippen LogP contribution in [-0.2, 0) is 4.84 Å². The number of aliphatic hydroxyl groups is 1. The zero-order valence-corrected chi connectivity index (χ0v) is 8.65. The van der Waals surface area contributed by atoms with Gasteiger partial charge in [-0.1, -0.05) is 39.0 Å². The average molecular weight is 205 g/mol. The van der Waals surface area contributed by atoms with Crippen LogP contribution in [0.25, 0.3) is 0 Å². The Hall–Kier alpha value is -0.840. The summed E-state index contributed by atoms with van der Waals surface area (Å²) in [7, 11) is 0. The van der Waals surface area contributed by atoms with Crippen LogP contribution in [0, 0.1) is 10.1 Å². The molecule has 0 fully saturated rings. The van der Waals surface area contributed by atoms with Gasteiger partial charge in [-0.15, -0.1) is 10.1 Å². The summed E-state index contributed by atoms with van der Waals surface area (Å²) in [6.45, 7) is 2.15. The molecule has 84 valence electrons. The van der Waals surface area contributed by atoms with Gasteiger partial charge in [0.05, 0.1) is 0 Å². The highest BCUT2D eigenvalue weighted by molar-refractivity contribution is 4.46. The zero-order chi connectivity index (χ0) is 10.8. The third-order valence-corrected chi connectivity index (χ3v) is 2.01. The van der Waals surface area contributed by atoms with Crippen LogP contribution < -0.4 is 0 Å². The fraction of sp³-hybridized carbons (Fsp3) is 1.00. The van der Waals surface area contributed by atoms with Crippen molar-refractivity contribution in [2.75, 3.05) is 0 Å². The fourth-order valence-electron chi connectivity index (χ4n) is 1.25. The van der Waals surface area contributed by atoms with Gasteiger partial charge in [0.2, 0.25) is 6.29 Å². The Bertz CT molecular complexity index is 152. The topological polar surface area (TPSA) is 72.6 Å². The second kappa shape index (κ2) is 8.74. The summed E-state index contributed by atoms with van der Waals surface area (Å²) in [5, 5.41) is 17.8. The van der Waals surface area contributed by atoms with Gasteiger partial charge in [-0.25, -0.2) is 0 Å². The van der Waals surface area contributed by atoms with E-state index in [1.54, 1.807) is 0 Å². The van der Waals surface area contributed by atoms with E-state index in [1.165, 1.54) is 19.3 Å².